The van der Waals surface area contributed by atoms with Crippen molar-refractivity contribution in [1.29, 1.82) is 0 Å². The largest absolute Gasteiger partial charge is 0.459 e. The fraction of sp³-hybridized carbons (Fsp3) is 0.597. The van der Waals surface area contributed by atoms with E-state index in [4.69, 9.17) is 47.4 Å². The lowest BCUT2D eigenvalue weighted by Gasteiger charge is -2.67. The maximum Gasteiger partial charge on any atom is 0.341 e. The predicted octanol–water partition coefficient (Wildman–Crippen LogP) is 4.87. The van der Waals surface area contributed by atoms with Crippen LogP contribution in [0.2, 0.25) is 0 Å². The van der Waals surface area contributed by atoms with Gasteiger partial charge in [-0.15, -0.1) is 0 Å². The van der Waals surface area contributed by atoms with Gasteiger partial charge in [-0.3, -0.25) is 33.6 Å². The lowest BCUT2D eigenvalue weighted by Crippen LogP contribution is -2.77. The quantitative estimate of drug-likeness (QED) is 0.0825. The number of aliphatic hydroxyl groups is 3. The van der Waals surface area contributed by atoms with Crippen LogP contribution in [0.3, 0.4) is 0 Å². The third kappa shape index (κ3) is 8.59. The van der Waals surface area contributed by atoms with Crippen LogP contribution in [0.5, 0.6) is 23.0 Å². The molecule has 8 fully saturated rings. The van der Waals surface area contributed by atoms with Gasteiger partial charge in [0.2, 0.25) is 11.7 Å². The Kier molecular flexibility index (Phi) is 13.7. The van der Waals surface area contributed by atoms with Crippen LogP contribution in [0, 0.1) is 68.5 Å². The molecule has 10 aliphatic rings. The molecule has 486 valence electrons. The number of hydrogen-bond acceptors (Lipinski definition) is 22. The molecule has 91 heavy (non-hydrogen) atoms. The highest BCUT2D eigenvalue weighted by Crippen LogP contribution is 2.81. The molecule has 5 aliphatic heterocycles. The summed E-state index contributed by atoms with van der Waals surface area (Å²) in [5.41, 5.74) is -9.35. The number of epoxide rings is 2. The molecule has 24 heteroatoms. The highest BCUT2D eigenvalue weighted by atomic mass is 16.8. The van der Waals surface area contributed by atoms with Crippen molar-refractivity contribution in [2.45, 2.75) is 175 Å². The minimum atomic E-state index is -2.24. The summed E-state index contributed by atoms with van der Waals surface area (Å²) in [5, 5.41) is 44.9. The second-order valence-corrected chi connectivity index (χ2v) is 29.5. The molecule has 2 unspecified atom stereocenters. The van der Waals surface area contributed by atoms with Crippen molar-refractivity contribution in [2.75, 3.05) is 6.54 Å². The van der Waals surface area contributed by atoms with E-state index in [-0.39, 0.29) is 40.5 Å². The summed E-state index contributed by atoms with van der Waals surface area (Å²) in [6, 6.07) is 12.3. The van der Waals surface area contributed by atoms with Crippen LogP contribution in [0.1, 0.15) is 141 Å². The maximum absolute atomic E-state index is 14.8. The molecule has 24 nitrogen and oxygen atoms in total. The van der Waals surface area contributed by atoms with Gasteiger partial charge in [0.05, 0.1) is 52.7 Å². The van der Waals surface area contributed by atoms with Gasteiger partial charge in [-0.1, -0.05) is 26.8 Å². The van der Waals surface area contributed by atoms with Gasteiger partial charge in [0, 0.05) is 83.7 Å². The SMILES string of the molecule is CC(=O)O[C@H]1C2C([C@@H](O)[C@H](NC(=O)CNC(=O)c3ccc4c(c3)C(=O)OC43c4ccc(OC(=O)C(C)(C)C)cc4Oc4cc(OC(=O)C(C)(C)C)ccc43)[C@H]3C[C@@H]4O[C@@H]4[C@H](OC(C)=O)[C@]23C)[C@@H]2[C@@H](O)[C@@H]3[C@H]([C@H](C)[C@H]4O[C@]45OC(=O)[C@@](C)(O)[C@]35C)[C@@]2(C)[C@H]1OC(C)=O. The Hall–Kier alpha value is -7.51. The van der Waals surface area contributed by atoms with Gasteiger partial charge in [0.15, 0.2) is 11.2 Å². The molecule has 0 bridgehead atoms. The number of carbonyl (C=O) groups is 9. The molecular weight excluding hydrogens is 1180 g/mol. The fourth-order valence-electron chi connectivity index (χ4n) is 18.3. The molecule has 3 aromatic carbocycles. The first-order valence-corrected chi connectivity index (χ1v) is 30.9. The molecule has 5 aliphatic carbocycles. The number of carbonyl (C=O) groups excluding carboxylic acids is 9. The van der Waals surface area contributed by atoms with E-state index in [0.717, 1.165) is 0 Å². The van der Waals surface area contributed by atoms with E-state index in [0.29, 0.717) is 16.7 Å². The minimum absolute atomic E-state index is 0.0167. The summed E-state index contributed by atoms with van der Waals surface area (Å²) >= 11 is 0. The average Bonchev–Trinajstić information content (AvgIpc) is 1.46. The Bertz CT molecular complexity index is 3660. The van der Waals surface area contributed by atoms with Crippen molar-refractivity contribution >= 4 is 53.6 Å². The Morgan fingerprint density at radius 1 is 0.681 bits per heavy atom. The number of esters is 7. The zero-order chi connectivity index (χ0) is 65.9. The normalized spacial score (nSPS) is 39.2. The van der Waals surface area contributed by atoms with Gasteiger partial charge in [-0.2, -0.15) is 0 Å². The number of rotatable bonds is 9. The number of amides is 2. The summed E-state index contributed by atoms with van der Waals surface area (Å²) in [6.45, 7) is 21.4. The third-order valence-electron chi connectivity index (χ3n) is 22.4. The van der Waals surface area contributed by atoms with Crippen molar-refractivity contribution in [3.8, 4) is 23.0 Å². The first kappa shape index (κ1) is 62.3. The summed E-state index contributed by atoms with van der Waals surface area (Å²) in [4.78, 5) is 124. The molecule has 2 amide bonds. The van der Waals surface area contributed by atoms with Crippen LogP contribution in [-0.4, -0.2) is 142 Å². The van der Waals surface area contributed by atoms with Crippen molar-refractivity contribution in [1.82, 2.24) is 10.6 Å². The molecule has 3 aromatic rings. The predicted molar refractivity (Wildman–Crippen MR) is 310 cm³/mol. The average molecular weight is 1260 g/mol. The molecule has 3 saturated heterocycles. The second-order valence-electron chi connectivity index (χ2n) is 29.5. The van der Waals surface area contributed by atoms with Gasteiger partial charge in [-0.05, 0) is 122 Å². The number of ether oxygens (including phenoxy) is 10. The second kappa shape index (κ2) is 20.0. The van der Waals surface area contributed by atoms with Crippen molar-refractivity contribution in [3.63, 3.8) is 0 Å². The van der Waals surface area contributed by atoms with Crippen LogP contribution < -0.4 is 24.8 Å². The summed E-state index contributed by atoms with van der Waals surface area (Å²) in [5.74, 6) is -14.6. The van der Waals surface area contributed by atoms with Gasteiger partial charge in [-0.25, -0.2) is 9.59 Å². The molecule has 5 N–H and O–H groups in total. The molecule has 2 spiro atoms. The molecule has 0 aromatic heterocycles. The molecular formula is C67H76N2O22. The van der Waals surface area contributed by atoms with E-state index in [9.17, 15) is 58.5 Å². The van der Waals surface area contributed by atoms with E-state index >= 15 is 0 Å². The lowest BCUT2D eigenvalue weighted by atomic mass is 9.40. The Balaban J connectivity index is 0.836. The Labute approximate surface area is 523 Å². The van der Waals surface area contributed by atoms with Crippen LogP contribution in [0.25, 0.3) is 0 Å². The van der Waals surface area contributed by atoms with Gasteiger partial charge >= 0.3 is 41.8 Å². The van der Waals surface area contributed by atoms with Crippen molar-refractivity contribution in [3.05, 3.63) is 82.4 Å². The molecule has 13 rings (SSSR count). The minimum Gasteiger partial charge on any atom is -0.459 e. The number of fused-ring (bicyclic) bond motifs is 15. The van der Waals surface area contributed by atoms with Crippen molar-refractivity contribution < 1.29 is 106 Å². The van der Waals surface area contributed by atoms with Gasteiger partial charge in [0.25, 0.3) is 5.91 Å². The highest BCUT2D eigenvalue weighted by Gasteiger charge is 2.93. The standard InChI is InChI=1S/C67H76N2O22/c1-26-43-46(64(13)65(14,81)59(80)91-67(64)52(26)89-67)49(75)44-42-45(51(82-27(2)70)54(63(43,44)12)84-29(4)72)62(11)37(24-40-50(88-40)53(62)83-28(3)71)47(48(42)74)69-41(73)25-68-55(76)30-15-18-34-33(21-30)56(77)90-66(34)35-19-16-31(85-57(78)60(5,6)7)22-38(35)87-39-23-32(17-20-36(39)66)86-58(79)61(8,9)10/h15-23,26,37,40,42-54,74-75,81H,24-25H2,1-14H3,(H,68,76)(H,69,73)/t26-,37+,40-,42?,43-,44+,45?,46-,47+,48+,49+,50-,51-,52+,53-,54-,62-,63+,64-,65+,67-/m0/s1. The zero-order valence-electron chi connectivity index (χ0n) is 52.9. The van der Waals surface area contributed by atoms with E-state index in [1.54, 1.807) is 74.4 Å². The molecule has 5 saturated carbocycles. The van der Waals surface area contributed by atoms with E-state index in [2.05, 4.69) is 10.6 Å². The molecule has 0 radical (unpaired) electrons. The van der Waals surface area contributed by atoms with Gasteiger partial charge < -0.3 is 73.3 Å². The van der Waals surface area contributed by atoms with E-state index in [1.165, 1.54) is 70.2 Å². The first-order valence-electron chi connectivity index (χ1n) is 30.9. The molecule has 21 atom stereocenters. The van der Waals surface area contributed by atoms with E-state index < -0.39 is 201 Å². The zero-order valence-corrected chi connectivity index (χ0v) is 52.9. The summed E-state index contributed by atoms with van der Waals surface area (Å²) in [7, 11) is 0. The topological polar surface area (TPSA) is 337 Å². The Morgan fingerprint density at radius 2 is 1.25 bits per heavy atom. The highest BCUT2D eigenvalue weighted by molar-refractivity contribution is 6.02. The summed E-state index contributed by atoms with van der Waals surface area (Å²) < 4.78 is 61.7. The fourth-order valence-corrected chi connectivity index (χ4v) is 18.3. The first-order chi connectivity index (χ1) is 42.4. The smallest absolute Gasteiger partial charge is 0.341 e. The number of benzene rings is 3. The van der Waals surface area contributed by atoms with E-state index in [1.807, 2.05) is 6.92 Å². The van der Waals surface area contributed by atoms with Crippen LogP contribution >= 0.6 is 0 Å². The number of aliphatic hydroxyl groups excluding tert-OH is 2. The van der Waals surface area contributed by atoms with Crippen LogP contribution in [0.15, 0.2) is 54.6 Å². The Morgan fingerprint density at radius 3 is 1.82 bits per heavy atom. The number of hydrogen-bond donors (Lipinski definition) is 5. The number of nitrogens with one attached hydrogen (secondary N) is 2. The van der Waals surface area contributed by atoms with Crippen LogP contribution in [-0.2, 0) is 72.3 Å². The summed E-state index contributed by atoms with van der Waals surface area (Å²) in [6.07, 6.45) is -8.95. The lowest BCUT2D eigenvalue weighted by molar-refractivity contribution is -0.286. The third-order valence-corrected chi connectivity index (χ3v) is 22.4. The van der Waals surface area contributed by atoms with Crippen LogP contribution in [0.4, 0.5) is 0 Å². The van der Waals surface area contributed by atoms with Gasteiger partial charge in [0.1, 0.15) is 53.5 Å². The van der Waals surface area contributed by atoms with Crippen molar-refractivity contribution in [2.24, 2.45) is 68.5 Å². The maximum atomic E-state index is 14.8. The molecule has 5 heterocycles. The monoisotopic (exact) mass is 1260 g/mol.